The summed E-state index contributed by atoms with van der Waals surface area (Å²) in [6, 6.07) is 26.9. The van der Waals surface area contributed by atoms with E-state index in [4.69, 9.17) is 10.5 Å². The van der Waals surface area contributed by atoms with Crippen molar-refractivity contribution in [2.24, 2.45) is 11.7 Å². The number of methoxy groups -OCH3 is 1. The number of carbonyl (C=O) groups excluding carboxylic acids is 1. The van der Waals surface area contributed by atoms with Crippen LogP contribution in [0.4, 0.5) is 0 Å². The molecule has 4 heteroatoms. The lowest BCUT2D eigenvalue weighted by molar-refractivity contribution is -0.134. The summed E-state index contributed by atoms with van der Waals surface area (Å²) in [4.78, 5) is 15.1. The third-order valence-corrected chi connectivity index (χ3v) is 6.31. The van der Waals surface area contributed by atoms with Gasteiger partial charge < -0.3 is 15.4 Å². The van der Waals surface area contributed by atoms with Gasteiger partial charge in [0.15, 0.2) is 0 Å². The average Bonchev–Trinajstić information content (AvgIpc) is 2.83. The van der Waals surface area contributed by atoms with Gasteiger partial charge in [-0.15, -0.1) is 0 Å². The molecule has 160 valence electrons. The fraction of sp³-hybridized carbons (Fsp3) is 0.296. The number of aryl methyl sites for hydroxylation is 1. The van der Waals surface area contributed by atoms with E-state index in [0.29, 0.717) is 6.54 Å². The highest BCUT2D eigenvalue weighted by Crippen LogP contribution is 2.42. The summed E-state index contributed by atoms with van der Waals surface area (Å²) in [6.45, 7) is 0.561. The Morgan fingerprint density at radius 2 is 1.71 bits per heavy atom. The summed E-state index contributed by atoms with van der Waals surface area (Å²) in [6.07, 6.45) is 2.89. The fourth-order valence-corrected chi connectivity index (χ4v) is 4.83. The number of hydrogen-bond acceptors (Lipinski definition) is 3. The predicted octanol–water partition coefficient (Wildman–Crippen LogP) is 4.53. The lowest BCUT2D eigenvalue weighted by Gasteiger charge is -2.41. The van der Waals surface area contributed by atoms with E-state index in [1.54, 1.807) is 7.11 Å². The van der Waals surface area contributed by atoms with Crippen LogP contribution in [0.5, 0.6) is 5.75 Å². The molecule has 1 aliphatic rings. The van der Waals surface area contributed by atoms with Gasteiger partial charge in [-0.3, -0.25) is 4.79 Å². The molecule has 0 radical (unpaired) electrons. The molecule has 0 fully saturated rings. The molecule has 0 bridgehead atoms. The molecule has 31 heavy (non-hydrogen) atoms. The molecule has 3 aromatic carbocycles. The maximum atomic E-state index is 13.1. The molecule has 2 N–H and O–H groups in total. The van der Waals surface area contributed by atoms with E-state index in [9.17, 15) is 4.79 Å². The minimum absolute atomic E-state index is 0.00682. The van der Waals surface area contributed by atoms with Crippen molar-refractivity contribution in [2.75, 3.05) is 13.7 Å². The van der Waals surface area contributed by atoms with Gasteiger partial charge in [0.05, 0.1) is 19.7 Å². The van der Waals surface area contributed by atoms with Gasteiger partial charge >= 0.3 is 0 Å². The molecule has 0 spiro atoms. The van der Waals surface area contributed by atoms with Crippen LogP contribution in [-0.4, -0.2) is 24.5 Å². The molecule has 0 saturated heterocycles. The van der Waals surface area contributed by atoms with E-state index in [2.05, 4.69) is 48.5 Å². The molecule has 0 unspecified atom stereocenters. The maximum absolute atomic E-state index is 13.1. The SMILES string of the molecule is COc1ccccc1C[C@@H]1CCc2ccccc2[C@H]1N(Cc1ccccc1)C(=O)CN. The van der Waals surface area contributed by atoms with Crippen LogP contribution in [0.3, 0.4) is 0 Å². The van der Waals surface area contributed by atoms with Crippen molar-refractivity contribution >= 4 is 5.91 Å². The minimum Gasteiger partial charge on any atom is -0.496 e. The molecular weight excluding hydrogens is 384 g/mol. The number of para-hydroxylation sites is 1. The van der Waals surface area contributed by atoms with Crippen molar-refractivity contribution in [3.63, 3.8) is 0 Å². The van der Waals surface area contributed by atoms with Crippen molar-refractivity contribution in [3.05, 3.63) is 101 Å². The first-order valence-electron chi connectivity index (χ1n) is 10.9. The van der Waals surface area contributed by atoms with Crippen molar-refractivity contribution in [1.82, 2.24) is 4.90 Å². The maximum Gasteiger partial charge on any atom is 0.237 e. The third kappa shape index (κ3) is 4.64. The molecule has 1 aliphatic carbocycles. The van der Waals surface area contributed by atoms with E-state index < -0.39 is 0 Å². The summed E-state index contributed by atoms with van der Waals surface area (Å²) in [5, 5.41) is 0. The van der Waals surface area contributed by atoms with Gasteiger partial charge in [0.1, 0.15) is 5.75 Å². The average molecular weight is 415 g/mol. The standard InChI is InChI=1S/C27H30N2O2/c1-31-25-14-8-6-12-22(25)17-23-16-15-21-11-5-7-13-24(21)27(23)29(26(30)18-28)19-20-9-3-2-4-10-20/h2-14,23,27H,15-19,28H2,1H3/t23-,27-/m0/s1. The second-order valence-corrected chi connectivity index (χ2v) is 8.17. The molecular formula is C27H30N2O2. The van der Waals surface area contributed by atoms with Crippen LogP contribution in [0.15, 0.2) is 78.9 Å². The fourth-order valence-electron chi connectivity index (χ4n) is 4.83. The molecule has 0 aliphatic heterocycles. The van der Waals surface area contributed by atoms with Gasteiger partial charge in [-0.1, -0.05) is 72.8 Å². The van der Waals surface area contributed by atoms with Crippen molar-refractivity contribution in [1.29, 1.82) is 0 Å². The molecule has 1 amide bonds. The first-order chi connectivity index (χ1) is 15.2. The van der Waals surface area contributed by atoms with Crippen LogP contribution in [0.2, 0.25) is 0 Å². The van der Waals surface area contributed by atoms with Crippen LogP contribution in [0, 0.1) is 5.92 Å². The topological polar surface area (TPSA) is 55.6 Å². The Labute approximate surface area is 184 Å². The Morgan fingerprint density at radius 3 is 2.48 bits per heavy atom. The van der Waals surface area contributed by atoms with E-state index in [0.717, 1.165) is 30.6 Å². The van der Waals surface area contributed by atoms with Gasteiger partial charge in [-0.05, 0) is 53.5 Å². The van der Waals surface area contributed by atoms with Gasteiger partial charge in [0.2, 0.25) is 5.91 Å². The number of hydrogen-bond donors (Lipinski definition) is 1. The highest BCUT2D eigenvalue weighted by molar-refractivity contribution is 5.78. The lowest BCUT2D eigenvalue weighted by atomic mass is 9.76. The van der Waals surface area contributed by atoms with Crippen LogP contribution in [0.1, 0.15) is 34.7 Å². The zero-order valence-corrected chi connectivity index (χ0v) is 18.0. The van der Waals surface area contributed by atoms with Crippen molar-refractivity contribution in [2.45, 2.75) is 31.8 Å². The Bertz CT molecular complexity index is 1020. The predicted molar refractivity (Wildman–Crippen MR) is 124 cm³/mol. The van der Waals surface area contributed by atoms with Crippen LogP contribution >= 0.6 is 0 Å². The quantitative estimate of drug-likeness (QED) is 0.618. The second-order valence-electron chi connectivity index (χ2n) is 8.17. The Morgan fingerprint density at radius 1 is 1.00 bits per heavy atom. The summed E-state index contributed by atoms with van der Waals surface area (Å²) in [7, 11) is 1.71. The van der Waals surface area contributed by atoms with Gasteiger partial charge in [0.25, 0.3) is 0 Å². The Hall–Kier alpha value is -3.11. The van der Waals surface area contributed by atoms with Crippen LogP contribution < -0.4 is 10.5 Å². The number of nitrogens with zero attached hydrogens (tertiary/aromatic N) is 1. The summed E-state index contributed by atoms with van der Waals surface area (Å²) < 4.78 is 5.62. The van der Waals surface area contributed by atoms with Crippen molar-refractivity contribution < 1.29 is 9.53 Å². The Kier molecular flexibility index (Phi) is 6.68. The highest BCUT2D eigenvalue weighted by Gasteiger charge is 2.36. The molecule has 0 saturated carbocycles. The number of nitrogens with two attached hydrogens (primary N) is 1. The van der Waals surface area contributed by atoms with E-state index in [1.165, 1.54) is 16.7 Å². The molecule has 4 rings (SSSR count). The van der Waals surface area contributed by atoms with E-state index >= 15 is 0 Å². The zero-order valence-electron chi connectivity index (χ0n) is 18.0. The third-order valence-electron chi connectivity index (χ3n) is 6.31. The molecule has 2 atom stereocenters. The number of benzene rings is 3. The number of fused-ring (bicyclic) bond motifs is 1. The summed E-state index contributed by atoms with van der Waals surface area (Å²) in [5.41, 5.74) is 10.7. The lowest BCUT2D eigenvalue weighted by Crippen LogP contribution is -2.43. The summed E-state index contributed by atoms with van der Waals surface area (Å²) in [5.74, 6) is 1.17. The van der Waals surface area contributed by atoms with E-state index in [-0.39, 0.29) is 24.4 Å². The number of carbonyl (C=O) groups is 1. The van der Waals surface area contributed by atoms with Gasteiger partial charge in [0, 0.05) is 6.54 Å². The number of ether oxygens (including phenoxy) is 1. The van der Waals surface area contributed by atoms with Gasteiger partial charge in [-0.2, -0.15) is 0 Å². The molecule has 0 aromatic heterocycles. The van der Waals surface area contributed by atoms with Crippen LogP contribution in [0.25, 0.3) is 0 Å². The Balaban J connectivity index is 1.74. The second kappa shape index (κ2) is 9.80. The van der Waals surface area contributed by atoms with Crippen molar-refractivity contribution in [3.8, 4) is 5.75 Å². The largest absolute Gasteiger partial charge is 0.496 e. The smallest absolute Gasteiger partial charge is 0.237 e. The first-order valence-corrected chi connectivity index (χ1v) is 10.9. The molecule has 0 heterocycles. The minimum atomic E-state index is -0.0221. The zero-order chi connectivity index (χ0) is 21.6. The normalized spacial score (nSPS) is 17.6. The summed E-state index contributed by atoms with van der Waals surface area (Å²) >= 11 is 0. The van der Waals surface area contributed by atoms with Gasteiger partial charge in [-0.25, -0.2) is 0 Å². The van der Waals surface area contributed by atoms with E-state index in [1.807, 2.05) is 35.2 Å². The molecule has 4 nitrogen and oxygen atoms in total. The highest BCUT2D eigenvalue weighted by atomic mass is 16.5. The molecule has 3 aromatic rings. The number of rotatable bonds is 7. The first kappa shape index (κ1) is 21.1. The number of amides is 1. The monoisotopic (exact) mass is 414 g/mol. The van der Waals surface area contributed by atoms with Crippen LogP contribution in [-0.2, 0) is 24.2 Å².